The molecule has 1 fully saturated rings. The second kappa shape index (κ2) is 5.75. The van der Waals surface area contributed by atoms with E-state index in [9.17, 15) is 13.2 Å². The first-order valence-electron chi connectivity index (χ1n) is 8.20. The number of fused-ring (bicyclic) bond motifs is 1. The van der Waals surface area contributed by atoms with Crippen molar-refractivity contribution in [3.8, 4) is 0 Å². The molecule has 1 saturated carbocycles. The second-order valence-electron chi connectivity index (χ2n) is 6.52. The molecule has 0 radical (unpaired) electrons. The molecule has 0 saturated heterocycles. The highest BCUT2D eigenvalue weighted by Crippen LogP contribution is 2.38. The van der Waals surface area contributed by atoms with Crippen LogP contribution in [0, 0.1) is 0 Å². The third kappa shape index (κ3) is 3.37. The number of anilines is 1. The Balaban J connectivity index is 1.54. The van der Waals surface area contributed by atoms with Crippen LogP contribution >= 0.6 is 0 Å². The molecule has 2 aliphatic rings. The van der Waals surface area contributed by atoms with Gasteiger partial charge in [-0.3, -0.25) is 4.68 Å². The second-order valence-corrected chi connectivity index (χ2v) is 6.52. The lowest BCUT2D eigenvalue weighted by Gasteiger charge is -2.22. The number of rotatable bonds is 4. The van der Waals surface area contributed by atoms with Crippen molar-refractivity contribution >= 4 is 5.82 Å². The first-order chi connectivity index (χ1) is 11.5. The Labute approximate surface area is 137 Å². The molecule has 0 amide bonds. The van der Waals surface area contributed by atoms with Crippen molar-refractivity contribution in [3.63, 3.8) is 0 Å². The van der Waals surface area contributed by atoms with Crippen LogP contribution in [0.25, 0.3) is 0 Å². The monoisotopic (exact) mass is 337 g/mol. The summed E-state index contributed by atoms with van der Waals surface area (Å²) in [5.41, 5.74) is 1.59. The molecule has 1 atom stereocenters. The minimum Gasteiger partial charge on any atom is -0.362 e. The van der Waals surface area contributed by atoms with E-state index in [4.69, 9.17) is 0 Å². The first kappa shape index (κ1) is 15.4. The summed E-state index contributed by atoms with van der Waals surface area (Å²) in [6.45, 7) is -1.05. The zero-order chi connectivity index (χ0) is 16.7. The zero-order valence-corrected chi connectivity index (χ0v) is 13.1. The van der Waals surface area contributed by atoms with E-state index in [1.165, 1.54) is 6.20 Å². The summed E-state index contributed by atoms with van der Waals surface area (Å²) in [6.07, 6.45) is 3.76. The average Bonchev–Trinajstić information content (AvgIpc) is 3.28. The Hall–Kier alpha value is -2.12. The lowest BCUT2D eigenvalue weighted by Crippen LogP contribution is -2.20. The number of aromatic nitrogens is 4. The van der Waals surface area contributed by atoms with Crippen molar-refractivity contribution in [1.29, 1.82) is 0 Å². The molecule has 2 heterocycles. The lowest BCUT2D eigenvalue weighted by atomic mass is 9.94. The molecule has 1 N–H and O–H groups in total. The molecule has 0 aliphatic heterocycles. The van der Waals surface area contributed by atoms with Crippen LogP contribution in [0.4, 0.5) is 19.0 Å². The number of hydrogen-bond donors (Lipinski definition) is 1. The highest BCUT2D eigenvalue weighted by atomic mass is 19.4. The van der Waals surface area contributed by atoms with Crippen LogP contribution in [-0.2, 0) is 13.0 Å². The lowest BCUT2D eigenvalue weighted by molar-refractivity contribution is -0.142. The number of alkyl halides is 3. The van der Waals surface area contributed by atoms with Gasteiger partial charge in [-0.1, -0.05) is 0 Å². The van der Waals surface area contributed by atoms with Gasteiger partial charge >= 0.3 is 6.18 Å². The summed E-state index contributed by atoms with van der Waals surface area (Å²) in [6, 6.07) is 1.69. The molecule has 2 aromatic heterocycles. The van der Waals surface area contributed by atoms with Gasteiger partial charge in [-0.15, -0.1) is 0 Å². The maximum absolute atomic E-state index is 12.6. The van der Waals surface area contributed by atoms with Crippen molar-refractivity contribution in [2.24, 2.45) is 0 Å². The maximum Gasteiger partial charge on any atom is 0.408 e. The third-order valence-corrected chi connectivity index (χ3v) is 4.42. The summed E-state index contributed by atoms with van der Waals surface area (Å²) >= 11 is 0. The fourth-order valence-electron chi connectivity index (χ4n) is 3.17. The molecule has 128 valence electrons. The summed E-state index contributed by atoms with van der Waals surface area (Å²) in [5.74, 6) is 2.02. The highest BCUT2D eigenvalue weighted by Gasteiger charge is 2.31. The Morgan fingerprint density at radius 3 is 2.83 bits per heavy atom. The van der Waals surface area contributed by atoms with Gasteiger partial charge in [0.2, 0.25) is 0 Å². The predicted molar refractivity (Wildman–Crippen MR) is 81.6 cm³/mol. The van der Waals surface area contributed by atoms with Gasteiger partial charge in [-0.25, -0.2) is 9.97 Å². The van der Waals surface area contributed by atoms with E-state index in [1.54, 1.807) is 12.3 Å². The van der Waals surface area contributed by atoms with E-state index in [-0.39, 0.29) is 6.04 Å². The van der Waals surface area contributed by atoms with E-state index in [1.807, 2.05) is 0 Å². The van der Waals surface area contributed by atoms with E-state index in [0.717, 1.165) is 54.0 Å². The minimum absolute atomic E-state index is 0.106. The van der Waals surface area contributed by atoms with Gasteiger partial charge in [0.05, 0.1) is 11.7 Å². The molecule has 0 aromatic carbocycles. The van der Waals surface area contributed by atoms with Crippen molar-refractivity contribution in [1.82, 2.24) is 19.7 Å². The Bertz CT molecular complexity index is 736. The Kier molecular flexibility index (Phi) is 3.69. The summed E-state index contributed by atoms with van der Waals surface area (Å²) in [4.78, 5) is 8.82. The standard InChI is InChI=1S/C16H18F3N5/c17-16(18,19)9-24-8-11-2-1-3-12(14(11)23-24)21-13-6-7-20-15(22-13)10-4-5-10/h6-8,10,12H,1-5,9H2,(H,20,21,22). The molecule has 5 nitrogen and oxygen atoms in total. The molecule has 4 rings (SSSR count). The normalized spacial score (nSPS) is 20.7. The molecular formula is C16H18F3N5. The number of nitrogens with zero attached hydrogens (tertiary/aromatic N) is 4. The van der Waals surface area contributed by atoms with Crippen molar-refractivity contribution in [2.75, 3.05) is 5.32 Å². The van der Waals surface area contributed by atoms with Gasteiger partial charge in [0.25, 0.3) is 0 Å². The average molecular weight is 337 g/mol. The van der Waals surface area contributed by atoms with Crippen LogP contribution < -0.4 is 5.32 Å². The molecule has 2 aliphatic carbocycles. The number of halogens is 3. The van der Waals surface area contributed by atoms with Gasteiger partial charge in [0, 0.05) is 18.3 Å². The molecule has 0 spiro atoms. The van der Waals surface area contributed by atoms with Crippen molar-refractivity contribution in [3.05, 3.63) is 35.5 Å². The van der Waals surface area contributed by atoms with Gasteiger partial charge in [0.1, 0.15) is 18.2 Å². The van der Waals surface area contributed by atoms with Crippen LogP contribution in [-0.4, -0.2) is 25.9 Å². The molecule has 8 heteroatoms. The van der Waals surface area contributed by atoms with Crippen LogP contribution in [0.2, 0.25) is 0 Å². The zero-order valence-electron chi connectivity index (χ0n) is 13.1. The third-order valence-electron chi connectivity index (χ3n) is 4.42. The molecule has 0 bridgehead atoms. The summed E-state index contributed by atoms with van der Waals surface area (Å²) < 4.78 is 38.7. The topological polar surface area (TPSA) is 55.6 Å². The van der Waals surface area contributed by atoms with Gasteiger partial charge < -0.3 is 5.32 Å². The molecule has 1 unspecified atom stereocenters. The Morgan fingerprint density at radius 1 is 1.25 bits per heavy atom. The number of aryl methyl sites for hydroxylation is 1. The van der Waals surface area contributed by atoms with Crippen molar-refractivity contribution in [2.45, 2.75) is 56.8 Å². The van der Waals surface area contributed by atoms with Gasteiger partial charge in [-0.05, 0) is 43.7 Å². The number of nitrogens with one attached hydrogen (secondary N) is 1. The van der Waals surface area contributed by atoms with Gasteiger partial charge in [-0.2, -0.15) is 18.3 Å². The molecular weight excluding hydrogens is 319 g/mol. The maximum atomic E-state index is 12.6. The van der Waals surface area contributed by atoms with Crippen LogP contribution in [0.1, 0.15) is 54.7 Å². The molecule has 24 heavy (non-hydrogen) atoms. The number of hydrogen-bond acceptors (Lipinski definition) is 4. The fraction of sp³-hybridized carbons (Fsp3) is 0.562. The van der Waals surface area contributed by atoms with E-state index in [2.05, 4.69) is 20.4 Å². The van der Waals surface area contributed by atoms with E-state index >= 15 is 0 Å². The summed E-state index contributed by atoms with van der Waals surface area (Å²) in [7, 11) is 0. The van der Waals surface area contributed by atoms with Crippen molar-refractivity contribution < 1.29 is 13.2 Å². The SMILES string of the molecule is FC(F)(F)Cn1cc2c(n1)C(Nc1ccnc(C3CC3)n1)CCC2. The van der Waals surface area contributed by atoms with Crippen LogP contribution in [0.3, 0.4) is 0 Å². The van der Waals surface area contributed by atoms with Gasteiger partial charge in [0.15, 0.2) is 0 Å². The highest BCUT2D eigenvalue weighted by molar-refractivity contribution is 5.39. The largest absolute Gasteiger partial charge is 0.408 e. The molecule has 2 aromatic rings. The van der Waals surface area contributed by atoms with Crippen LogP contribution in [0.15, 0.2) is 18.5 Å². The quantitative estimate of drug-likeness (QED) is 0.926. The van der Waals surface area contributed by atoms with E-state index in [0.29, 0.717) is 11.6 Å². The summed E-state index contributed by atoms with van der Waals surface area (Å²) in [5, 5.41) is 7.50. The minimum atomic E-state index is -4.26. The first-order valence-corrected chi connectivity index (χ1v) is 8.20. The Morgan fingerprint density at radius 2 is 2.08 bits per heavy atom. The predicted octanol–water partition coefficient (Wildman–Crippen LogP) is 3.60. The fourth-order valence-corrected chi connectivity index (χ4v) is 3.17. The van der Waals surface area contributed by atoms with Crippen LogP contribution in [0.5, 0.6) is 0 Å². The van der Waals surface area contributed by atoms with E-state index < -0.39 is 12.7 Å². The smallest absolute Gasteiger partial charge is 0.362 e.